The fourth-order valence-electron chi connectivity index (χ4n) is 3.80. The van der Waals surface area contributed by atoms with Gasteiger partial charge in [0.05, 0.1) is 15.6 Å². The summed E-state index contributed by atoms with van der Waals surface area (Å²) in [6.07, 6.45) is 4.90. The second kappa shape index (κ2) is 6.42. The highest BCUT2D eigenvalue weighted by atomic mass is 35.5. The Morgan fingerprint density at radius 2 is 1.95 bits per heavy atom. The van der Waals surface area contributed by atoms with Gasteiger partial charge in [0, 0.05) is 37.3 Å². The topological polar surface area (TPSA) is 49.6 Å². The van der Waals surface area contributed by atoms with E-state index < -0.39 is 4.92 Å². The summed E-state index contributed by atoms with van der Waals surface area (Å²) in [4.78, 5) is 15.3. The third kappa shape index (κ3) is 3.06. The molecule has 0 aliphatic carbocycles. The molecule has 2 aliphatic rings. The third-order valence-corrected chi connectivity index (χ3v) is 5.32. The van der Waals surface area contributed by atoms with Gasteiger partial charge in [0.1, 0.15) is 0 Å². The van der Waals surface area contributed by atoms with E-state index in [1.54, 1.807) is 6.07 Å². The summed E-state index contributed by atoms with van der Waals surface area (Å²) in [5.74, 6) is 0. The minimum atomic E-state index is -0.406. The minimum absolute atomic E-state index is 0.0505. The van der Waals surface area contributed by atoms with Gasteiger partial charge in [-0.1, -0.05) is 11.6 Å². The van der Waals surface area contributed by atoms with Gasteiger partial charge in [-0.05, 0) is 45.2 Å². The molecule has 0 amide bonds. The van der Waals surface area contributed by atoms with Crippen molar-refractivity contribution in [2.45, 2.75) is 44.7 Å². The second-order valence-electron chi connectivity index (χ2n) is 6.34. The quantitative estimate of drug-likeness (QED) is 0.628. The van der Waals surface area contributed by atoms with E-state index in [0.29, 0.717) is 17.1 Å². The van der Waals surface area contributed by atoms with Crippen molar-refractivity contribution in [3.63, 3.8) is 0 Å². The van der Waals surface area contributed by atoms with Crippen LogP contribution in [0.25, 0.3) is 0 Å². The summed E-state index contributed by atoms with van der Waals surface area (Å²) >= 11 is 6.24. The number of nitro benzene ring substituents is 1. The standard InChI is InChI=1S/C16H22ClN3O2/c1-12-3-2-8-19(12)13-6-9-18(10-7-13)16-5-4-14(20(21)22)11-15(16)17/h4-5,11-13H,2-3,6-10H2,1H3. The maximum atomic E-state index is 10.8. The fourth-order valence-corrected chi connectivity index (χ4v) is 4.10. The van der Waals surface area contributed by atoms with E-state index in [0.717, 1.165) is 31.6 Å². The van der Waals surface area contributed by atoms with E-state index in [-0.39, 0.29) is 5.69 Å². The van der Waals surface area contributed by atoms with Crippen LogP contribution in [0.5, 0.6) is 0 Å². The maximum absolute atomic E-state index is 10.8. The molecule has 1 aromatic carbocycles. The molecule has 2 aliphatic heterocycles. The van der Waals surface area contributed by atoms with Crippen LogP contribution in [0.1, 0.15) is 32.6 Å². The largest absolute Gasteiger partial charge is 0.370 e. The number of nitro groups is 1. The number of anilines is 1. The maximum Gasteiger partial charge on any atom is 0.271 e. The molecule has 1 unspecified atom stereocenters. The van der Waals surface area contributed by atoms with Crippen molar-refractivity contribution in [1.82, 2.24) is 4.90 Å². The zero-order valence-corrected chi connectivity index (χ0v) is 13.6. The van der Waals surface area contributed by atoms with Crippen LogP contribution in [0, 0.1) is 10.1 Å². The zero-order valence-electron chi connectivity index (χ0n) is 12.9. The molecule has 2 saturated heterocycles. The molecule has 0 aromatic heterocycles. The van der Waals surface area contributed by atoms with Gasteiger partial charge in [-0.15, -0.1) is 0 Å². The molecule has 2 fully saturated rings. The van der Waals surface area contributed by atoms with Gasteiger partial charge in [0.25, 0.3) is 5.69 Å². The smallest absolute Gasteiger partial charge is 0.271 e. The van der Waals surface area contributed by atoms with Crippen LogP contribution in [-0.4, -0.2) is 41.5 Å². The van der Waals surface area contributed by atoms with E-state index in [1.807, 2.05) is 0 Å². The Labute approximate surface area is 136 Å². The number of hydrogen-bond acceptors (Lipinski definition) is 4. The average molecular weight is 324 g/mol. The lowest BCUT2D eigenvalue weighted by molar-refractivity contribution is -0.384. The summed E-state index contributed by atoms with van der Waals surface area (Å²) in [5, 5.41) is 11.3. The molecule has 0 radical (unpaired) electrons. The van der Waals surface area contributed by atoms with Crippen molar-refractivity contribution in [3.05, 3.63) is 33.3 Å². The highest BCUT2D eigenvalue weighted by Crippen LogP contribution is 2.33. The monoisotopic (exact) mass is 323 g/mol. The summed E-state index contributed by atoms with van der Waals surface area (Å²) in [7, 11) is 0. The number of nitrogens with zero attached hydrogens (tertiary/aromatic N) is 3. The van der Waals surface area contributed by atoms with Crippen molar-refractivity contribution in [3.8, 4) is 0 Å². The molecule has 2 heterocycles. The number of benzene rings is 1. The Morgan fingerprint density at radius 3 is 2.50 bits per heavy atom. The molecule has 5 nitrogen and oxygen atoms in total. The molecule has 0 spiro atoms. The number of piperidine rings is 1. The van der Waals surface area contributed by atoms with Gasteiger partial charge < -0.3 is 4.90 Å². The van der Waals surface area contributed by atoms with E-state index >= 15 is 0 Å². The SMILES string of the molecule is CC1CCCN1C1CCN(c2ccc([N+](=O)[O-])cc2Cl)CC1. The van der Waals surface area contributed by atoms with Gasteiger partial charge in [-0.3, -0.25) is 15.0 Å². The Kier molecular flexibility index (Phi) is 4.54. The van der Waals surface area contributed by atoms with Crippen molar-refractivity contribution in [2.24, 2.45) is 0 Å². The highest BCUT2D eigenvalue weighted by molar-refractivity contribution is 6.33. The number of non-ortho nitro benzene ring substituents is 1. The Balaban J connectivity index is 1.65. The highest BCUT2D eigenvalue weighted by Gasteiger charge is 2.31. The summed E-state index contributed by atoms with van der Waals surface area (Å²) in [6, 6.07) is 6.14. The lowest BCUT2D eigenvalue weighted by Gasteiger charge is -2.39. The number of halogens is 1. The molecule has 6 heteroatoms. The Morgan fingerprint density at radius 1 is 1.23 bits per heavy atom. The molecule has 0 bridgehead atoms. The first-order chi connectivity index (χ1) is 10.6. The normalized spacial score (nSPS) is 23.9. The number of likely N-dealkylation sites (tertiary alicyclic amines) is 1. The number of hydrogen-bond donors (Lipinski definition) is 0. The predicted octanol–water partition coefficient (Wildman–Crippen LogP) is 3.70. The van der Waals surface area contributed by atoms with Crippen LogP contribution in [-0.2, 0) is 0 Å². The van der Waals surface area contributed by atoms with Crippen molar-refractivity contribution in [1.29, 1.82) is 0 Å². The second-order valence-corrected chi connectivity index (χ2v) is 6.75. The Bertz CT molecular complexity index is 558. The van der Waals surface area contributed by atoms with E-state index in [9.17, 15) is 10.1 Å². The zero-order chi connectivity index (χ0) is 15.7. The molecule has 120 valence electrons. The fraction of sp³-hybridized carbons (Fsp3) is 0.625. The van der Waals surface area contributed by atoms with E-state index in [4.69, 9.17) is 11.6 Å². The molecule has 0 saturated carbocycles. The van der Waals surface area contributed by atoms with Gasteiger partial charge >= 0.3 is 0 Å². The molecule has 1 atom stereocenters. The van der Waals surface area contributed by atoms with Crippen molar-refractivity contribution < 1.29 is 4.92 Å². The van der Waals surface area contributed by atoms with Gasteiger partial charge in [0.2, 0.25) is 0 Å². The predicted molar refractivity (Wildman–Crippen MR) is 88.7 cm³/mol. The molecular weight excluding hydrogens is 302 g/mol. The van der Waals surface area contributed by atoms with Crippen LogP contribution < -0.4 is 4.90 Å². The number of rotatable bonds is 3. The molecule has 22 heavy (non-hydrogen) atoms. The molecular formula is C16H22ClN3O2. The van der Waals surface area contributed by atoms with Crippen molar-refractivity contribution in [2.75, 3.05) is 24.5 Å². The van der Waals surface area contributed by atoms with E-state index in [2.05, 4.69) is 16.7 Å². The minimum Gasteiger partial charge on any atom is -0.370 e. The summed E-state index contributed by atoms with van der Waals surface area (Å²) in [6.45, 7) is 5.48. The van der Waals surface area contributed by atoms with Gasteiger partial charge in [-0.2, -0.15) is 0 Å². The molecule has 0 N–H and O–H groups in total. The summed E-state index contributed by atoms with van der Waals surface area (Å²) < 4.78 is 0. The first kappa shape index (κ1) is 15.6. The molecule has 3 rings (SSSR count). The average Bonchev–Trinajstić information content (AvgIpc) is 2.93. The van der Waals surface area contributed by atoms with Crippen LogP contribution in [0.15, 0.2) is 18.2 Å². The van der Waals surface area contributed by atoms with Crippen molar-refractivity contribution >= 4 is 23.0 Å². The van der Waals surface area contributed by atoms with Gasteiger partial charge in [0.15, 0.2) is 0 Å². The lowest BCUT2D eigenvalue weighted by Crippen LogP contribution is -2.46. The van der Waals surface area contributed by atoms with Crippen LogP contribution >= 0.6 is 11.6 Å². The lowest BCUT2D eigenvalue weighted by atomic mass is 10.0. The summed E-state index contributed by atoms with van der Waals surface area (Å²) in [5.41, 5.74) is 0.967. The van der Waals surface area contributed by atoms with Gasteiger partial charge in [-0.25, -0.2) is 0 Å². The molecule has 1 aromatic rings. The van der Waals surface area contributed by atoms with Crippen LogP contribution in [0.2, 0.25) is 5.02 Å². The Hall–Kier alpha value is -1.33. The third-order valence-electron chi connectivity index (χ3n) is 5.02. The van der Waals surface area contributed by atoms with Crippen LogP contribution in [0.3, 0.4) is 0 Å². The van der Waals surface area contributed by atoms with Crippen LogP contribution in [0.4, 0.5) is 11.4 Å². The first-order valence-electron chi connectivity index (χ1n) is 8.01. The van der Waals surface area contributed by atoms with E-state index in [1.165, 1.54) is 31.5 Å². The first-order valence-corrected chi connectivity index (χ1v) is 8.38.